The van der Waals surface area contributed by atoms with Crippen molar-refractivity contribution in [1.29, 1.82) is 0 Å². The SMILES string of the molecule is CN=C(NCCSc1ccc(C)cc1)N1CCC2(CCOC2)C1.I. The summed E-state index contributed by atoms with van der Waals surface area (Å²) in [6.07, 6.45) is 2.43. The molecule has 0 saturated carbocycles. The molecular formula is C18H28IN3OS. The molecule has 6 heteroatoms. The van der Waals surface area contributed by atoms with Crippen LogP contribution in [0.2, 0.25) is 0 Å². The molecule has 2 aliphatic heterocycles. The molecule has 2 heterocycles. The second-order valence-corrected chi connectivity index (χ2v) is 7.78. The Balaban J connectivity index is 0.00000208. The number of hydrogen-bond donors (Lipinski definition) is 1. The average molecular weight is 461 g/mol. The van der Waals surface area contributed by atoms with Crippen LogP contribution in [0.4, 0.5) is 0 Å². The summed E-state index contributed by atoms with van der Waals surface area (Å²) in [7, 11) is 1.88. The highest BCUT2D eigenvalue weighted by Gasteiger charge is 2.42. The van der Waals surface area contributed by atoms with Crippen molar-refractivity contribution in [3.63, 3.8) is 0 Å². The van der Waals surface area contributed by atoms with Gasteiger partial charge in [-0.1, -0.05) is 17.7 Å². The summed E-state index contributed by atoms with van der Waals surface area (Å²) in [5, 5.41) is 3.51. The summed E-state index contributed by atoms with van der Waals surface area (Å²) in [6.45, 7) is 7.08. The van der Waals surface area contributed by atoms with E-state index < -0.39 is 0 Å². The van der Waals surface area contributed by atoms with Gasteiger partial charge in [0, 0.05) is 49.4 Å². The Morgan fingerprint density at radius 3 is 2.79 bits per heavy atom. The smallest absolute Gasteiger partial charge is 0.193 e. The van der Waals surface area contributed by atoms with Gasteiger partial charge in [-0.25, -0.2) is 0 Å². The fourth-order valence-electron chi connectivity index (χ4n) is 3.39. The van der Waals surface area contributed by atoms with Crippen molar-refractivity contribution in [2.24, 2.45) is 10.4 Å². The molecular weight excluding hydrogens is 433 g/mol. The van der Waals surface area contributed by atoms with E-state index in [9.17, 15) is 0 Å². The summed E-state index contributed by atoms with van der Waals surface area (Å²) in [6, 6.07) is 8.72. The number of halogens is 1. The molecule has 24 heavy (non-hydrogen) atoms. The molecule has 1 aromatic rings. The third kappa shape index (κ3) is 5.02. The van der Waals surface area contributed by atoms with Gasteiger partial charge in [-0.3, -0.25) is 4.99 Å². The number of nitrogens with one attached hydrogen (secondary N) is 1. The third-order valence-corrected chi connectivity index (χ3v) is 5.82. The van der Waals surface area contributed by atoms with E-state index >= 15 is 0 Å². The summed E-state index contributed by atoms with van der Waals surface area (Å²) in [5.74, 6) is 2.09. The minimum Gasteiger partial charge on any atom is -0.381 e. The maximum Gasteiger partial charge on any atom is 0.193 e. The summed E-state index contributed by atoms with van der Waals surface area (Å²) in [4.78, 5) is 8.19. The number of hydrogen-bond acceptors (Lipinski definition) is 3. The molecule has 1 N–H and O–H groups in total. The summed E-state index contributed by atoms with van der Waals surface area (Å²) >= 11 is 1.89. The van der Waals surface area contributed by atoms with E-state index in [4.69, 9.17) is 4.74 Å². The van der Waals surface area contributed by atoms with Crippen molar-refractivity contribution in [2.45, 2.75) is 24.7 Å². The van der Waals surface area contributed by atoms with Crippen molar-refractivity contribution >= 4 is 41.7 Å². The molecule has 0 amide bonds. The Hall–Kier alpha value is -0.470. The van der Waals surface area contributed by atoms with E-state index in [1.807, 2.05) is 18.8 Å². The molecule has 2 fully saturated rings. The van der Waals surface area contributed by atoms with Crippen LogP contribution in [-0.4, -0.2) is 56.5 Å². The van der Waals surface area contributed by atoms with Gasteiger partial charge < -0.3 is 15.0 Å². The fraction of sp³-hybridized carbons (Fsp3) is 0.611. The highest BCUT2D eigenvalue weighted by atomic mass is 127. The molecule has 0 bridgehead atoms. The lowest BCUT2D eigenvalue weighted by atomic mass is 9.87. The second kappa shape index (κ2) is 9.29. The molecule has 134 valence electrons. The lowest BCUT2D eigenvalue weighted by Gasteiger charge is -2.24. The first kappa shape index (κ1) is 19.8. The van der Waals surface area contributed by atoms with Crippen LogP contribution >= 0.6 is 35.7 Å². The van der Waals surface area contributed by atoms with Crippen LogP contribution in [0.25, 0.3) is 0 Å². The third-order valence-electron chi connectivity index (χ3n) is 4.81. The van der Waals surface area contributed by atoms with Gasteiger partial charge in [-0.05, 0) is 31.9 Å². The quantitative estimate of drug-likeness (QED) is 0.245. The van der Waals surface area contributed by atoms with Crippen molar-refractivity contribution in [3.05, 3.63) is 29.8 Å². The Bertz CT molecular complexity index is 544. The lowest BCUT2D eigenvalue weighted by Crippen LogP contribution is -2.42. The maximum absolute atomic E-state index is 5.61. The van der Waals surface area contributed by atoms with Crippen LogP contribution in [-0.2, 0) is 4.74 Å². The predicted molar refractivity (Wildman–Crippen MR) is 113 cm³/mol. The molecule has 2 saturated heterocycles. The average Bonchev–Trinajstić information content (AvgIpc) is 3.20. The van der Waals surface area contributed by atoms with Crippen LogP contribution in [0.1, 0.15) is 18.4 Å². The number of likely N-dealkylation sites (tertiary alicyclic amines) is 1. The molecule has 1 unspecified atom stereocenters. The summed E-state index contributed by atoms with van der Waals surface area (Å²) in [5.41, 5.74) is 1.69. The fourth-order valence-corrected chi connectivity index (χ4v) is 4.15. The second-order valence-electron chi connectivity index (χ2n) is 6.61. The number of ether oxygens (including phenoxy) is 1. The van der Waals surface area contributed by atoms with Crippen molar-refractivity contribution in [3.8, 4) is 0 Å². The van der Waals surface area contributed by atoms with Crippen LogP contribution in [0.5, 0.6) is 0 Å². The monoisotopic (exact) mass is 461 g/mol. The zero-order valence-corrected chi connectivity index (χ0v) is 17.7. The van der Waals surface area contributed by atoms with Gasteiger partial charge in [-0.15, -0.1) is 35.7 Å². The van der Waals surface area contributed by atoms with Crippen LogP contribution in [0.15, 0.2) is 34.2 Å². The van der Waals surface area contributed by atoms with E-state index in [2.05, 4.69) is 46.4 Å². The highest BCUT2D eigenvalue weighted by Crippen LogP contribution is 2.38. The van der Waals surface area contributed by atoms with E-state index in [0.717, 1.165) is 44.6 Å². The molecule has 1 atom stereocenters. The number of guanidine groups is 1. The molecule has 0 aromatic heterocycles. The number of aliphatic imine (C=N–C) groups is 1. The highest BCUT2D eigenvalue weighted by molar-refractivity contribution is 14.0. The topological polar surface area (TPSA) is 36.9 Å². The molecule has 0 aliphatic carbocycles. The number of rotatable bonds is 4. The Kier molecular flexibility index (Phi) is 7.68. The Morgan fingerprint density at radius 2 is 2.12 bits per heavy atom. The van der Waals surface area contributed by atoms with Crippen LogP contribution < -0.4 is 5.32 Å². The zero-order chi connectivity index (χ0) is 16.1. The standard InChI is InChI=1S/C18H27N3OS.HI/c1-15-3-5-16(6-4-15)23-12-9-20-17(19-2)21-10-7-18(13-21)8-11-22-14-18;/h3-6H,7-14H2,1-2H3,(H,19,20);1H. The minimum absolute atomic E-state index is 0. The van der Waals surface area contributed by atoms with Gasteiger partial charge in [0.2, 0.25) is 0 Å². The number of thioether (sulfide) groups is 1. The molecule has 4 nitrogen and oxygen atoms in total. The Morgan fingerprint density at radius 1 is 1.33 bits per heavy atom. The van der Waals surface area contributed by atoms with Crippen molar-refractivity contribution in [1.82, 2.24) is 10.2 Å². The maximum atomic E-state index is 5.61. The molecule has 3 rings (SSSR count). The van der Waals surface area contributed by atoms with Gasteiger partial charge in [-0.2, -0.15) is 0 Å². The summed E-state index contributed by atoms with van der Waals surface area (Å²) < 4.78 is 5.61. The molecule has 2 aliphatic rings. The molecule has 0 radical (unpaired) electrons. The van der Waals surface area contributed by atoms with E-state index in [1.54, 1.807) is 0 Å². The van der Waals surface area contributed by atoms with Gasteiger partial charge >= 0.3 is 0 Å². The molecule has 1 aromatic carbocycles. The van der Waals surface area contributed by atoms with Crippen LogP contribution in [0, 0.1) is 12.3 Å². The lowest BCUT2D eigenvalue weighted by molar-refractivity contribution is 0.156. The number of aryl methyl sites for hydroxylation is 1. The normalized spacial score (nSPS) is 23.6. The minimum atomic E-state index is 0. The van der Waals surface area contributed by atoms with E-state index in [-0.39, 0.29) is 24.0 Å². The van der Waals surface area contributed by atoms with Crippen LogP contribution in [0.3, 0.4) is 0 Å². The van der Waals surface area contributed by atoms with Gasteiger partial charge in [0.15, 0.2) is 5.96 Å². The van der Waals surface area contributed by atoms with Crippen molar-refractivity contribution < 1.29 is 4.74 Å². The molecule has 1 spiro atoms. The van der Waals surface area contributed by atoms with Gasteiger partial charge in [0.1, 0.15) is 0 Å². The first-order chi connectivity index (χ1) is 11.2. The first-order valence-electron chi connectivity index (χ1n) is 8.44. The van der Waals surface area contributed by atoms with E-state index in [0.29, 0.717) is 5.41 Å². The van der Waals surface area contributed by atoms with E-state index in [1.165, 1.54) is 23.3 Å². The van der Waals surface area contributed by atoms with Gasteiger partial charge in [0.25, 0.3) is 0 Å². The number of nitrogens with zero attached hydrogens (tertiary/aromatic N) is 2. The van der Waals surface area contributed by atoms with Crippen molar-refractivity contribution in [2.75, 3.05) is 45.6 Å². The van der Waals surface area contributed by atoms with Gasteiger partial charge in [0.05, 0.1) is 6.61 Å². The predicted octanol–water partition coefficient (Wildman–Crippen LogP) is 3.39. The Labute approximate surface area is 166 Å². The zero-order valence-electron chi connectivity index (χ0n) is 14.6. The first-order valence-corrected chi connectivity index (χ1v) is 9.42. The largest absolute Gasteiger partial charge is 0.381 e. The number of benzene rings is 1.